The van der Waals surface area contributed by atoms with Crippen LogP contribution in [0, 0.1) is 11.6 Å². The number of carbonyl (C=O) groups is 1. The van der Waals surface area contributed by atoms with Crippen molar-refractivity contribution in [2.45, 2.75) is 10.6 Å². The SMILES string of the molecule is O=C(O)c1ccccc1SCc1c(F)ccc(Br)c1F. The second-order valence-electron chi connectivity index (χ2n) is 3.91. The molecule has 0 atom stereocenters. The van der Waals surface area contributed by atoms with Gasteiger partial charge in [0.1, 0.15) is 11.6 Å². The highest BCUT2D eigenvalue weighted by atomic mass is 79.9. The molecule has 0 amide bonds. The van der Waals surface area contributed by atoms with Gasteiger partial charge >= 0.3 is 5.97 Å². The summed E-state index contributed by atoms with van der Waals surface area (Å²) in [6, 6.07) is 8.83. The minimum atomic E-state index is -1.07. The lowest BCUT2D eigenvalue weighted by Crippen LogP contribution is -1.99. The Morgan fingerprint density at radius 3 is 2.60 bits per heavy atom. The van der Waals surface area contributed by atoms with Gasteiger partial charge in [-0.1, -0.05) is 12.1 Å². The highest BCUT2D eigenvalue weighted by molar-refractivity contribution is 9.10. The summed E-state index contributed by atoms with van der Waals surface area (Å²) in [6.07, 6.45) is 0. The first kappa shape index (κ1) is 15.0. The van der Waals surface area contributed by atoms with Gasteiger partial charge in [0, 0.05) is 16.2 Å². The van der Waals surface area contributed by atoms with E-state index in [1.807, 2.05) is 0 Å². The van der Waals surface area contributed by atoms with Crippen molar-refractivity contribution in [3.63, 3.8) is 0 Å². The molecule has 6 heteroatoms. The van der Waals surface area contributed by atoms with Crippen molar-refractivity contribution in [1.82, 2.24) is 0 Å². The first-order valence-corrected chi connectivity index (χ1v) is 7.36. The Morgan fingerprint density at radius 1 is 1.20 bits per heavy atom. The van der Waals surface area contributed by atoms with E-state index in [1.165, 1.54) is 18.2 Å². The smallest absolute Gasteiger partial charge is 0.336 e. The van der Waals surface area contributed by atoms with E-state index in [0.717, 1.165) is 11.8 Å². The molecule has 2 aromatic rings. The molecule has 0 fully saturated rings. The zero-order valence-corrected chi connectivity index (χ0v) is 12.5. The summed E-state index contributed by atoms with van der Waals surface area (Å²) >= 11 is 4.08. The summed E-state index contributed by atoms with van der Waals surface area (Å²) < 4.78 is 27.6. The van der Waals surface area contributed by atoms with Crippen molar-refractivity contribution in [3.8, 4) is 0 Å². The van der Waals surface area contributed by atoms with Crippen LogP contribution in [0.3, 0.4) is 0 Å². The third kappa shape index (κ3) is 3.19. The van der Waals surface area contributed by atoms with Gasteiger partial charge < -0.3 is 5.11 Å². The molecule has 0 aliphatic carbocycles. The number of carboxylic acid groups (broad SMARTS) is 1. The first-order valence-electron chi connectivity index (χ1n) is 5.58. The topological polar surface area (TPSA) is 37.3 Å². The van der Waals surface area contributed by atoms with Gasteiger partial charge in [0.2, 0.25) is 0 Å². The van der Waals surface area contributed by atoms with E-state index in [2.05, 4.69) is 15.9 Å². The van der Waals surface area contributed by atoms with E-state index in [1.54, 1.807) is 18.2 Å². The molecule has 0 saturated carbocycles. The van der Waals surface area contributed by atoms with Crippen molar-refractivity contribution in [3.05, 3.63) is 63.6 Å². The van der Waals surface area contributed by atoms with Gasteiger partial charge in [0.05, 0.1) is 10.0 Å². The largest absolute Gasteiger partial charge is 0.478 e. The Hall–Kier alpha value is -1.40. The lowest BCUT2D eigenvalue weighted by Gasteiger charge is -2.08. The lowest BCUT2D eigenvalue weighted by molar-refractivity contribution is 0.0693. The van der Waals surface area contributed by atoms with E-state index in [4.69, 9.17) is 5.11 Å². The van der Waals surface area contributed by atoms with E-state index in [9.17, 15) is 13.6 Å². The zero-order valence-electron chi connectivity index (χ0n) is 10.1. The summed E-state index contributed by atoms with van der Waals surface area (Å²) in [5.41, 5.74) is 0.0397. The standard InChI is InChI=1S/C14H9BrF2O2S/c15-10-5-6-11(16)9(13(10)17)7-20-12-4-2-1-3-8(12)14(18)19/h1-6H,7H2,(H,18,19). The average molecular weight is 359 g/mol. The number of rotatable bonds is 4. The van der Waals surface area contributed by atoms with E-state index in [0.29, 0.717) is 4.90 Å². The maximum absolute atomic E-state index is 13.8. The number of thioether (sulfide) groups is 1. The second kappa shape index (κ2) is 6.37. The maximum Gasteiger partial charge on any atom is 0.336 e. The number of halogens is 3. The number of aromatic carboxylic acids is 1. The molecular formula is C14H9BrF2O2S. The summed E-state index contributed by atoms with van der Waals surface area (Å²) in [5.74, 6) is -2.36. The Bertz CT molecular complexity index is 662. The van der Waals surface area contributed by atoms with Crippen LogP contribution >= 0.6 is 27.7 Å². The molecule has 0 aliphatic heterocycles. The molecule has 104 valence electrons. The molecule has 1 N–H and O–H groups in total. The van der Waals surface area contributed by atoms with Crippen molar-refractivity contribution >= 4 is 33.7 Å². The van der Waals surface area contributed by atoms with Crippen LogP contribution < -0.4 is 0 Å². The summed E-state index contributed by atoms with van der Waals surface area (Å²) in [7, 11) is 0. The van der Waals surface area contributed by atoms with Crippen molar-refractivity contribution < 1.29 is 18.7 Å². The predicted molar refractivity (Wildman–Crippen MR) is 77.0 cm³/mol. The van der Waals surface area contributed by atoms with Crippen LogP contribution in [-0.4, -0.2) is 11.1 Å². The lowest BCUT2D eigenvalue weighted by atomic mass is 10.2. The Morgan fingerprint density at radius 2 is 1.90 bits per heavy atom. The molecule has 0 bridgehead atoms. The predicted octanol–water partition coefficient (Wildman–Crippen LogP) is 4.72. The second-order valence-corrected chi connectivity index (χ2v) is 5.78. The number of carboxylic acids is 1. The molecule has 0 spiro atoms. The average Bonchev–Trinajstić information content (AvgIpc) is 2.43. The third-order valence-electron chi connectivity index (χ3n) is 2.63. The van der Waals surface area contributed by atoms with Gasteiger partial charge in [-0.2, -0.15) is 0 Å². The molecule has 0 saturated heterocycles. The first-order chi connectivity index (χ1) is 9.50. The minimum absolute atomic E-state index is 0.0153. The van der Waals surface area contributed by atoms with Crippen LogP contribution in [0.15, 0.2) is 45.8 Å². The van der Waals surface area contributed by atoms with E-state index >= 15 is 0 Å². The monoisotopic (exact) mass is 358 g/mol. The van der Waals surface area contributed by atoms with Gasteiger partial charge in [0.25, 0.3) is 0 Å². The van der Waals surface area contributed by atoms with Gasteiger partial charge in [0.15, 0.2) is 0 Å². The summed E-state index contributed by atoms with van der Waals surface area (Å²) in [5, 5.41) is 9.05. The maximum atomic E-state index is 13.8. The van der Waals surface area contributed by atoms with Crippen LogP contribution in [0.2, 0.25) is 0 Å². The van der Waals surface area contributed by atoms with Crippen LogP contribution in [0.1, 0.15) is 15.9 Å². The molecule has 2 nitrogen and oxygen atoms in total. The highest BCUT2D eigenvalue weighted by Gasteiger charge is 2.15. The van der Waals surface area contributed by atoms with Crippen LogP contribution in [0.25, 0.3) is 0 Å². The van der Waals surface area contributed by atoms with Crippen LogP contribution in [-0.2, 0) is 5.75 Å². The van der Waals surface area contributed by atoms with E-state index in [-0.39, 0.29) is 21.4 Å². The van der Waals surface area contributed by atoms with Gasteiger partial charge in [-0.15, -0.1) is 11.8 Å². The van der Waals surface area contributed by atoms with Gasteiger partial charge in [-0.25, -0.2) is 13.6 Å². The van der Waals surface area contributed by atoms with E-state index < -0.39 is 17.6 Å². The van der Waals surface area contributed by atoms with Gasteiger partial charge in [-0.05, 0) is 40.2 Å². The quantitative estimate of drug-likeness (QED) is 0.634. The minimum Gasteiger partial charge on any atom is -0.478 e. The fraction of sp³-hybridized carbons (Fsp3) is 0.0714. The fourth-order valence-electron chi connectivity index (χ4n) is 1.62. The van der Waals surface area contributed by atoms with Crippen LogP contribution in [0.5, 0.6) is 0 Å². The molecule has 2 aromatic carbocycles. The number of benzene rings is 2. The van der Waals surface area contributed by atoms with Crippen molar-refractivity contribution in [2.24, 2.45) is 0 Å². The Labute approximate surface area is 126 Å². The molecule has 0 radical (unpaired) electrons. The van der Waals surface area contributed by atoms with Crippen molar-refractivity contribution in [1.29, 1.82) is 0 Å². The molecule has 2 rings (SSSR count). The Balaban J connectivity index is 2.26. The fourth-order valence-corrected chi connectivity index (χ4v) is 3.04. The molecule has 0 heterocycles. The Kier molecular flexibility index (Phi) is 4.77. The molecule has 20 heavy (non-hydrogen) atoms. The third-order valence-corrected chi connectivity index (χ3v) is 4.34. The highest BCUT2D eigenvalue weighted by Crippen LogP contribution is 2.30. The van der Waals surface area contributed by atoms with Crippen LogP contribution in [0.4, 0.5) is 8.78 Å². The zero-order chi connectivity index (χ0) is 14.7. The molecule has 0 aliphatic rings. The number of hydrogen-bond donors (Lipinski definition) is 1. The van der Waals surface area contributed by atoms with Crippen molar-refractivity contribution in [2.75, 3.05) is 0 Å². The number of hydrogen-bond acceptors (Lipinski definition) is 2. The summed E-state index contributed by atoms with van der Waals surface area (Å²) in [6.45, 7) is 0. The normalized spacial score (nSPS) is 10.6. The molecular weight excluding hydrogens is 350 g/mol. The summed E-state index contributed by atoms with van der Waals surface area (Å²) in [4.78, 5) is 11.5. The molecule has 0 unspecified atom stereocenters. The van der Waals surface area contributed by atoms with Gasteiger partial charge in [-0.3, -0.25) is 0 Å². The molecule has 0 aromatic heterocycles.